The summed E-state index contributed by atoms with van der Waals surface area (Å²) in [6.07, 6.45) is 12.0. The first-order valence-electron chi connectivity index (χ1n) is 15.9. The molecule has 1 saturated carbocycles. The molecule has 4 aliphatic heterocycles. The lowest BCUT2D eigenvalue weighted by atomic mass is 9.73. The predicted molar refractivity (Wildman–Crippen MR) is 172 cm³/mol. The van der Waals surface area contributed by atoms with E-state index in [-0.39, 0.29) is 36.2 Å². The lowest BCUT2D eigenvalue weighted by molar-refractivity contribution is -0.142. The minimum Gasteiger partial charge on any atom is -0.359 e. The number of nitrogens with one attached hydrogen (secondary N) is 2. The molecule has 10 heteroatoms. The van der Waals surface area contributed by atoms with Gasteiger partial charge in [0.2, 0.25) is 17.7 Å². The van der Waals surface area contributed by atoms with E-state index in [9.17, 15) is 14.4 Å². The molecule has 1 aromatic rings. The maximum absolute atomic E-state index is 14.3. The predicted octanol–water partition coefficient (Wildman–Crippen LogP) is 4.73. The first-order valence-corrected chi connectivity index (χ1v) is 17.1. The summed E-state index contributed by atoms with van der Waals surface area (Å²) in [6, 6.07) is 7.44. The Hall–Kier alpha value is -2.07. The lowest BCUT2D eigenvalue weighted by Gasteiger charge is -2.39. The fourth-order valence-corrected chi connectivity index (χ4v) is 8.67. The fraction of sp³-hybridized carbons (Fsp3) is 0.667. The summed E-state index contributed by atoms with van der Waals surface area (Å²) >= 11 is 1.61. The molecule has 43 heavy (non-hydrogen) atoms. The molecule has 3 amide bonds. The van der Waals surface area contributed by atoms with Crippen molar-refractivity contribution in [3.8, 4) is 0 Å². The highest BCUT2D eigenvalue weighted by atomic mass is 35.5. The molecule has 6 rings (SSSR count). The molecule has 4 heterocycles. The molecule has 2 bridgehead atoms. The normalized spacial score (nSPS) is 36.7. The number of ether oxygens (including phenoxy) is 1. The van der Waals surface area contributed by atoms with E-state index in [0.717, 1.165) is 37.1 Å². The molecule has 8 nitrogen and oxygen atoms in total. The Morgan fingerprint density at radius 2 is 1.88 bits per heavy atom. The fourth-order valence-electron chi connectivity index (χ4n) is 8.21. The quantitative estimate of drug-likeness (QED) is 0.319. The van der Waals surface area contributed by atoms with Crippen LogP contribution in [0.25, 0.3) is 0 Å². The molecule has 2 N–H and O–H groups in total. The SMILES string of the molecule is CSc1cccc(NC(=O)C2C3C=CC4(O3)C2C(=O)N(CCN2CCCCC2C)C4C(=O)NC2CCCC(C)C2C)c1.Cl. The Bertz CT molecular complexity index is 1250. The molecule has 4 fully saturated rings. The van der Waals surface area contributed by atoms with Crippen LogP contribution in [0.5, 0.6) is 0 Å². The second-order valence-corrected chi connectivity index (χ2v) is 14.1. The number of thioether (sulfide) groups is 1. The van der Waals surface area contributed by atoms with Crippen LogP contribution in [0.3, 0.4) is 0 Å². The van der Waals surface area contributed by atoms with E-state index in [0.29, 0.717) is 36.7 Å². The van der Waals surface area contributed by atoms with Crippen molar-refractivity contribution in [1.29, 1.82) is 0 Å². The zero-order valence-electron chi connectivity index (χ0n) is 25.8. The van der Waals surface area contributed by atoms with Gasteiger partial charge in [0, 0.05) is 35.8 Å². The molecule has 1 aromatic carbocycles. The number of fused-ring (bicyclic) bond motifs is 1. The largest absolute Gasteiger partial charge is 0.359 e. The van der Waals surface area contributed by atoms with Gasteiger partial charge in [0.25, 0.3) is 0 Å². The van der Waals surface area contributed by atoms with Crippen molar-refractivity contribution in [3.05, 3.63) is 36.4 Å². The van der Waals surface area contributed by atoms with Crippen molar-refractivity contribution in [2.24, 2.45) is 23.7 Å². The van der Waals surface area contributed by atoms with E-state index in [1.807, 2.05) is 42.7 Å². The van der Waals surface area contributed by atoms with E-state index in [2.05, 4.69) is 36.3 Å². The van der Waals surface area contributed by atoms with Crippen molar-refractivity contribution < 1.29 is 19.1 Å². The number of carbonyl (C=O) groups is 3. The van der Waals surface area contributed by atoms with Gasteiger partial charge < -0.3 is 20.3 Å². The molecule has 236 valence electrons. The number of anilines is 1. The molecular weight excluding hydrogens is 584 g/mol. The van der Waals surface area contributed by atoms with Crippen molar-refractivity contribution >= 4 is 47.6 Å². The number of hydrogen-bond donors (Lipinski definition) is 2. The molecule has 1 aliphatic carbocycles. The number of piperidine rings is 1. The van der Waals surface area contributed by atoms with Gasteiger partial charge in [-0.3, -0.25) is 19.3 Å². The maximum Gasteiger partial charge on any atom is 0.246 e. The minimum atomic E-state index is -1.13. The molecule has 9 unspecified atom stereocenters. The van der Waals surface area contributed by atoms with Gasteiger partial charge in [-0.2, -0.15) is 0 Å². The van der Waals surface area contributed by atoms with Crippen LogP contribution < -0.4 is 10.6 Å². The van der Waals surface area contributed by atoms with Crippen molar-refractivity contribution in [2.45, 2.75) is 94.0 Å². The van der Waals surface area contributed by atoms with Gasteiger partial charge in [-0.05, 0) is 69.0 Å². The van der Waals surface area contributed by atoms with Crippen LogP contribution in [-0.4, -0.2) is 83.2 Å². The number of hydrogen-bond acceptors (Lipinski definition) is 6. The van der Waals surface area contributed by atoms with Crippen LogP contribution in [-0.2, 0) is 19.1 Å². The Labute approximate surface area is 266 Å². The molecule has 9 atom stereocenters. The number of amides is 3. The highest BCUT2D eigenvalue weighted by Crippen LogP contribution is 2.55. The molecule has 3 saturated heterocycles. The van der Waals surface area contributed by atoms with Gasteiger partial charge >= 0.3 is 0 Å². The third kappa shape index (κ3) is 5.87. The summed E-state index contributed by atoms with van der Waals surface area (Å²) < 4.78 is 6.57. The Kier molecular flexibility index (Phi) is 9.86. The second kappa shape index (κ2) is 13.1. The van der Waals surface area contributed by atoms with Gasteiger partial charge in [-0.25, -0.2) is 0 Å². The van der Waals surface area contributed by atoms with Crippen LogP contribution in [0.15, 0.2) is 41.3 Å². The highest BCUT2D eigenvalue weighted by molar-refractivity contribution is 7.98. The minimum absolute atomic E-state index is 0. The molecular formula is C33H47ClN4O4S. The first kappa shape index (κ1) is 32.3. The Morgan fingerprint density at radius 3 is 2.65 bits per heavy atom. The van der Waals surface area contributed by atoms with Crippen LogP contribution in [0, 0.1) is 23.7 Å². The zero-order chi connectivity index (χ0) is 29.6. The number of halogens is 1. The summed E-state index contributed by atoms with van der Waals surface area (Å²) in [7, 11) is 0. The van der Waals surface area contributed by atoms with Gasteiger partial charge in [0.15, 0.2) is 0 Å². The molecule has 0 aromatic heterocycles. The Morgan fingerprint density at radius 1 is 1.07 bits per heavy atom. The summed E-state index contributed by atoms with van der Waals surface area (Å²) in [5.41, 5.74) is -0.435. The summed E-state index contributed by atoms with van der Waals surface area (Å²) in [5.74, 6) is -1.05. The highest BCUT2D eigenvalue weighted by Gasteiger charge is 2.72. The van der Waals surface area contributed by atoms with Gasteiger partial charge in [0.05, 0.1) is 17.9 Å². The van der Waals surface area contributed by atoms with E-state index < -0.39 is 29.6 Å². The van der Waals surface area contributed by atoms with Crippen LogP contribution >= 0.6 is 24.2 Å². The van der Waals surface area contributed by atoms with Crippen molar-refractivity contribution in [1.82, 2.24) is 15.1 Å². The topological polar surface area (TPSA) is 91.0 Å². The van der Waals surface area contributed by atoms with Crippen LogP contribution in [0.2, 0.25) is 0 Å². The Balaban J connectivity index is 0.00000368. The average Bonchev–Trinajstić information content (AvgIpc) is 3.62. The molecule has 0 radical (unpaired) electrons. The van der Waals surface area contributed by atoms with Crippen LogP contribution in [0.4, 0.5) is 5.69 Å². The van der Waals surface area contributed by atoms with E-state index in [1.54, 1.807) is 16.7 Å². The summed E-state index contributed by atoms with van der Waals surface area (Å²) in [4.78, 5) is 47.6. The van der Waals surface area contributed by atoms with E-state index in [1.165, 1.54) is 12.8 Å². The lowest BCUT2D eigenvalue weighted by Crippen LogP contribution is -2.58. The number of benzene rings is 1. The number of carbonyl (C=O) groups excluding carboxylic acids is 3. The molecule has 5 aliphatic rings. The molecule has 1 spiro atoms. The monoisotopic (exact) mass is 630 g/mol. The van der Waals surface area contributed by atoms with Gasteiger partial charge in [-0.15, -0.1) is 24.2 Å². The first-order chi connectivity index (χ1) is 20.2. The summed E-state index contributed by atoms with van der Waals surface area (Å²) in [5, 5.41) is 6.41. The van der Waals surface area contributed by atoms with Crippen LogP contribution in [0.1, 0.15) is 59.3 Å². The standard InChI is InChI=1S/C33H46N4O4S.ClH/c1-20-9-7-13-25(22(20)3)35-31(39)29-33-15-14-26(41-33)27(30(38)34-23-11-8-12-24(19-23)42-4)28(33)32(40)37(29)18-17-36-16-6-5-10-21(36)2;/h8,11-12,14-15,19-22,25-29H,5-7,9-10,13,16-18H2,1-4H3,(H,34,38)(H,35,39);1H. The van der Waals surface area contributed by atoms with Gasteiger partial charge in [0.1, 0.15) is 11.6 Å². The van der Waals surface area contributed by atoms with E-state index in [4.69, 9.17) is 4.74 Å². The smallest absolute Gasteiger partial charge is 0.246 e. The second-order valence-electron chi connectivity index (χ2n) is 13.2. The number of likely N-dealkylation sites (tertiary alicyclic amines) is 2. The third-order valence-corrected chi connectivity index (χ3v) is 11.6. The number of nitrogens with zero attached hydrogens (tertiary/aromatic N) is 2. The van der Waals surface area contributed by atoms with Crippen molar-refractivity contribution in [3.63, 3.8) is 0 Å². The number of rotatable bonds is 8. The van der Waals surface area contributed by atoms with Gasteiger partial charge in [-0.1, -0.05) is 51.3 Å². The average molecular weight is 631 g/mol. The van der Waals surface area contributed by atoms with E-state index >= 15 is 0 Å². The third-order valence-electron chi connectivity index (χ3n) is 10.9. The summed E-state index contributed by atoms with van der Waals surface area (Å²) in [6.45, 7) is 8.88. The maximum atomic E-state index is 14.3. The van der Waals surface area contributed by atoms with Crippen molar-refractivity contribution in [2.75, 3.05) is 31.2 Å². The zero-order valence-corrected chi connectivity index (χ0v) is 27.4.